The zero-order valence-corrected chi connectivity index (χ0v) is 20.1. The molecular formula is C25H28N2O6S. The molecule has 0 fully saturated rings. The summed E-state index contributed by atoms with van der Waals surface area (Å²) < 4.78 is 43.9. The number of nitrogens with one attached hydrogen (secondary N) is 2. The third kappa shape index (κ3) is 6.41. The number of hydrogen-bond donors (Lipinski definition) is 2. The first-order valence-electron chi connectivity index (χ1n) is 10.7. The maximum atomic E-state index is 12.7. The van der Waals surface area contributed by atoms with Gasteiger partial charge in [-0.15, -0.1) is 0 Å². The minimum absolute atomic E-state index is 0.0965. The lowest BCUT2D eigenvalue weighted by Gasteiger charge is -2.12. The molecule has 0 radical (unpaired) electrons. The quantitative estimate of drug-likeness (QED) is 0.428. The number of anilines is 1. The Morgan fingerprint density at radius 2 is 1.65 bits per heavy atom. The lowest BCUT2D eigenvalue weighted by molar-refractivity contribution is 0.0954. The second-order valence-corrected chi connectivity index (χ2v) is 8.96. The van der Waals surface area contributed by atoms with Crippen molar-refractivity contribution < 1.29 is 27.4 Å². The first kappa shape index (κ1) is 24.9. The van der Waals surface area contributed by atoms with Crippen LogP contribution < -0.4 is 24.2 Å². The fraction of sp³-hybridized carbons (Fsp3) is 0.240. The van der Waals surface area contributed by atoms with Gasteiger partial charge in [0, 0.05) is 23.9 Å². The van der Waals surface area contributed by atoms with Crippen LogP contribution in [0.5, 0.6) is 17.2 Å². The zero-order valence-electron chi connectivity index (χ0n) is 19.3. The van der Waals surface area contributed by atoms with Gasteiger partial charge in [-0.3, -0.25) is 9.52 Å². The second-order valence-electron chi connectivity index (χ2n) is 7.27. The minimum Gasteiger partial charge on any atom is -0.497 e. The molecule has 0 bridgehead atoms. The summed E-state index contributed by atoms with van der Waals surface area (Å²) >= 11 is 0. The van der Waals surface area contributed by atoms with Crippen molar-refractivity contribution in [3.05, 3.63) is 77.9 Å². The van der Waals surface area contributed by atoms with Crippen molar-refractivity contribution in [2.45, 2.75) is 18.2 Å². The van der Waals surface area contributed by atoms with Crippen molar-refractivity contribution in [1.82, 2.24) is 5.32 Å². The van der Waals surface area contributed by atoms with Gasteiger partial charge < -0.3 is 19.5 Å². The zero-order chi connectivity index (χ0) is 24.6. The van der Waals surface area contributed by atoms with E-state index in [1.165, 1.54) is 18.2 Å². The number of carbonyl (C=O) groups is 1. The van der Waals surface area contributed by atoms with Crippen molar-refractivity contribution in [2.75, 3.05) is 32.1 Å². The number of carbonyl (C=O) groups excluding carboxylic acids is 1. The van der Waals surface area contributed by atoms with Crippen LogP contribution >= 0.6 is 0 Å². The molecule has 0 saturated heterocycles. The van der Waals surface area contributed by atoms with E-state index >= 15 is 0 Å². The fourth-order valence-electron chi connectivity index (χ4n) is 3.29. The lowest BCUT2D eigenvalue weighted by Crippen LogP contribution is -2.26. The molecule has 3 aromatic rings. The Morgan fingerprint density at radius 3 is 2.32 bits per heavy atom. The monoisotopic (exact) mass is 484 g/mol. The van der Waals surface area contributed by atoms with E-state index in [1.54, 1.807) is 50.6 Å². The van der Waals surface area contributed by atoms with Crippen molar-refractivity contribution in [1.29, 1.82) is 0 Å². The molecule has 0 aliphatic heterocycles. The standard InChI is InChI=1S/C25H28N2O6S/c1-4-33-21-10-12-23(13-11-21)34(29,30)27-20-7-5-6-19(16-20)25(28)26-15-14-18-8-9-22(31-2)17-24(18)32-3/h5-13,16-17,27H,4,14-15H2,1-3H3,(H,26,28). The molecule has 0 heterocycles. The van der Waals surface area contributed by atoms with E-state index in [-0.39, 0.29) is 10.8 Å². The highest BCUT2D eigenvalue weighted by Crippen LogP contribution is 2.25. The molecule has 180 valence electrons. The summed E-state index contributed by atoms with van der Waals surface area (Å²) in [4.78, 5) is 12.7. The summed E-state index contributed by atoms with van der Waals surface area (Å²) in [5.74, 6) is 1.65. The smallest absolute Gasteiger partial charge is 0.261 e. The van der Waals surface area contributed by atoms with Gasteiger partial charge in [-0.2, -0.15) is 0 Å². The highest BCUT2D eigenvalue weighted by molar-refractivity contribution is 7.92. The molecule has 0 atom stereocenters. The largest absolute Gasteiger partial charge is 0.497 e. The summed E-state index contributed by atoms with van der Waals surface area (Å²) in [6.07, 6.45) is 0.559. The minimum atomic E-state index is -3.82. The Bertz CT molecular complexity index is 1230. The average molecular weight is 485 g/mol. The van der Waals surface area contributed by atoms with Gasteiger partial charge in [0.1, 0.15) is 17.2 Å². The van der Waals surface area contributed by atoms with E-state index in [9.17, 15) is 13.2 Å². The predicted octanol–water partition coefficient (Wildman–Crippen LogP) is 3.88. The predicted molar refractivity (Wildman–Crippen MR) is 130 cm³/mol. The molecule has 34 heavy (non-hydrogen) atoms. The number of methoxy groups -OCH3 is 2. The van der Waals surface area contributed by atoms with Gasteiger partial charge in [-0.25, -0.2) is 8.42 Å². The van der Waals surface area contributed by atoms with Gasteiger partial charge in [0.2, 0.25) is 0 Å². The van der Waals surface area contributed by atoms with Crippen molar-refractivity contribution in [2.24, 2.45) is 0 Å². The molecule has 2 N–H and O–H groups in total. The summed E-state index contributed by atoms with van der Waals surface area (Å²) in [5.41, 5.74) is 1.56. The maximum Gasteiger partial charge on any atom is 0.261 e. The van der Waals surface area contributed by atoms with Crippen LogP contribution in [0.15, 0.2) is 71.6 Å². The molecule has 8 nitrogen and oxygen atoms in total. The summed E-state index contributed by atoms with van der Waals surface area (Å²) in [5, 5.41) is 2.85. The second kappa shape index (κ2) is 11.4. The Hall–Kier alpha value is -3.72. The van der Waals surface area contributed by atoms with Crippen molar-refractivity contribution in [3.8, 4) is 17.2 Å². The summed E-state index contributed by atoms with van der Waals surface area (Å²) in [6.45, 7) is 2.72. The summed E-state index contributed by atoms with van der Waals surface area (Å²) in [7, 11) is -0.651. The number of hydrogen-bond acceptors (Lipinski definition) is 6. The van der Waals surface area contributed by atoms with Crippen LogP contribution in [-0.4, -0.2) is 41.7 Å². The fourth-order valence-corrected chi connectivity index (χ4v) is 4.34. The molecule has 0 saturated carbocycles. The summed E-state index contributed by atoms with van der Waals surface area (Å²) in [6, 6.07) is 18.0. The number of ether oxygens (including phenoxy) is 3. The number of amides is 1. The van der Waals surface area contributed by atoms with Gasteiger partial charge >= 0.3 is 0 Å². The SMILES string of the molecule is CCOc1ccc(S(=O)(=O)Nc2cccc(C(=O)NCCc3ccc(OC)cc3OC)c2)cc1. The first-order valence-corrected chi connectivity index (χ1v) is 12.2. The number of benzene rings is 3. The molecule has 0 aliphatic rings. The number of sulfonamides is 1. The van der Waals surface area contributed by atoms with Gasteiger partial charge in [-0.05, 0) is 67.4 Å². The van der Waals surface area contributed by atoms with E-state index in [2.05, 4.69) is 10.0 Å². The molecule has 3 aromatic carbocycles. The van der Waals surface area contributed by atoms with Crippen LogP contribution in [0.3, 0.4) is 0 Å². The van der Waals surface area contributed by atoms with E-state index < -0.39 is 10.0 Å². The van der Waals surface area contributed by atoms with E-state index in [1.807, 2.05) is 19.1 Å². The Kier molecular flexibility index (Phi) is 8.37. The van der Waals surface area contributed by atoms with Gasteiger partial charge in [0.25, 0.3) is 15.9 Å². The topological polar surface area (TPSA) is 103 Å². The van der Waals surface area contributed by atoms with Crippen LogP contribution in [0.4, 0.5) is 5.69 Å². The van der Waals surface area contributed by atoms with E-state index in [4.69, 9.17) is 14.2 Å². The maximum absolute atomic E-state index is 12.7. The third-order valence-corrected chi connectivity index (χ3v) is 6.39. The number of rotatable bonds is 11. The molecule has 0 spiro atoms. The molecule has 0 aromatic heterocycles. The van der Waals surface area contributed by atoms with Crippen molar-refractivity contribution >= 4 is 21.6 Å². The average Bonchev–Trinajstić information content (AvgIpc) is 2.84. The van der Waals surface area contributed by atoms with Crippen LogP contribution in [0, 0.1) is 0 Å². The van der Waals surface area contributed by atoms with Gasteiger partial charge in [-0.1, -0.05) is 12.1 Å². The molecule has 0 unspecified atom stereocenters. The van der Waals surface area contributed by atoms with Crippen LogP contribution in [0.2, 0.25) is 0 Å². The van der Waals surface area contributed by atoms with E-state index in [0.717, 1.165) is 5.56 Å². The van der Waals surface area contributed by atoms with Crippen LogP contribution in [0.25, 0.3) is 0 Å². The molecule has 9 heteroatoms. The highest BCUT2D eigenvalue weighted by Gasteiger charge is 2.15. The Labute approximate surface area is 199 Å². The normalized spacial score (nSPS) is 10.9. The Morgan fingerprint density at radius 1 is 0.912 bits per heavy atom. The highest BCUT2D eigenvalue weighted by atomic mass is 32.2. The molecule has 3 rings (SSSR count). The Balaban J connectivity index is 1.62. The molecule has 0 aliphatic carbocycles. The van der Waals surface area contributed by atoms with Crippen LogP contribution in [-0.2, 0) is 16.4 Å². The van der Waals surface area contributed by atoms with Crippen molar-refractivity contribution in [3.63, 3.8) is 0 Å². The lowest BCUT2D eigenvalue weighted by atomic mass is 10.1. The third-order valence-electron chi connectivity index (χ3n) is 5.00. The molecular weight excluding hydrogens is 456 g/mol. The first-order chi connectivity index (χ1) is 16.4. The molecule has 1 amide bonds. The van der Waals surface area contributed by atoms with Crippen LogP contribution in [0.1, 0.15) is 22.8 Å². The van der Waals surface area contributed by atoms with Gasteiger partial charge in [0.05, 0.1) is 25.7 Å². The van der Waals surface area contributed by atoms with E-state index in [0.29, 0.717) is 48.1 Å². The van der Waals surface area contributed by atoms with Gasteiger partial charge in [0.15, 0.2) is 0 Å².